The first-order valence-corrected chi connectivity index (χ1v) is 13.4. The first-order chi connectivity index (χ1) is 14.0. The van der Waals surface area contributed by atoms with Crippen LogP contribution in [0.4, 0.5) is 0 Å². The molecule has 29 heavy (non-hydrogen) atoms. The van der Waals surface area contributed by atoms with E-state index in [1.54, 1.807) is 0 Å². The Kier molecular flexibility index (Phi) is 20.0. The third-order valence-corrected chi connectivity index (χ3v) is 7.05. The van der Waals surface area contributed by atoms with Gasteiger partial charge in [0.05, 0.1) is 6.61 Å². The van der Waals surface area contributed by atoms with Gasteiger partial charge in [-0.1, -0.05) is 103 Å². The Morgan fingerprint density at radius 2 is 1.14 bits per heavy atom. The minimum atomic E-state index is -4.08. The summed E-state index contributed by atoms with van der Waals surface area (Å²) >= 11 is 0. The van der Waals surface area contributed by atoms with Gasteiger partial charge in [0.15, 0.2) is 5.85 Å². The first kappa shape index (κ1) is 29.0. The summed E-state index contributed by atoms with van der Waals surface area (Å²) in [6, 6.07) is 0. The molecule has 0 saturated heterocycles. The Morgan fingerprint density at radius 3 is 1.48 bits per heavy atom. The molecule has 3 N–H and O–H groups in total. The van der Waals surface area contributed by atoms with Crippen molar-refractivity contribution in [3.63, 3.8) is 0 Å². The van der Waals surface area contributed by atoms with Gasteiger partial charge in [0.2, 0.25) is 0 Å². The normalized spacial score (nSPS) is 15.9. The molecule has 2 unspecified atom stereocenters. The number of ether oxygens (including phenoxy) is 1. The summed E-state index contributed by atoms with van der Waals surface area (Å²) in [5, 5.41) is 18.6. The van der Waals surface area contributed by atoms with Crippen LogP contribution in [0, 0.1) is 0 Å². The fourth-order valence-corrected chi connectivity index (χ4v) is 4.50. The predicted molar refractivity (Wildman–Crippen MR) is 119 cm³/mol. The number of hydrogen-bond donors (Lipinski definition) is 3. The van der Waals surface area contributed by atoms with Gasteiger partial charge in [-0.3, -0.25) is 4.57 Å². The lowest BCUT2D eigenvalue weighted by Crippen LogP contribution is -2.32. The van der Waals surface area contributed by atoms with Crippen LogP contribution in [0.1, 0.15) is 110 Å². The van der Waals surface area contributed by atoms with Crippen LogP contribution in [0.5, 0.6) is 0 Å². The number of aliphatic hydroxyl groups is 2. The molecule has 0 rings (SSSR count). The number of rotatable bonds is 22. The van der Waals surface area contributed by atoms with Crippen LogP contribution in [-0.4, -0.2) is 47.4 Å². The van der Waals surface area contributed by atoms with Crippen molar-refractivity contribution in [2.45, 2.75) is 122 Å². The highest BCUT2D eigenvalue weighted by atomic mass is 31.2. The number of aliphatic hydroxyl groups excluding tert-OH is 2. The summed E-state index contributed by atoms with van der Waals surface area (Å²) in [6.07, 6.45) is 19.0. The largest absolute Gasteiger partial charge is 0.394 e. The highest BCUT2D eigenvalue weighted by Crippen LogP contribution is 2.48. The van der Waals surface area contributed by atoms with Crippen molar-refractivity contribution in [2.24, 2.45) is 0 Å². The third-order valence-electron chi connectivity index (χ3n) is 5.39. The summed E-state index contributed by atoms with van der Waals surface area (Å²) in [5.41, 5.74) is 0. The molecule has 0 aliphatic heterocycles. The van der Waals surface area contributed by atoms with Crippen molar-refractivity contribution in [1.29, 1.82) is 0 Å². The zero-order valence-electron chi connectivity index (χ0n) is 18.9. The molecule has 176 valence electrons. The average Bonchev–Trinajstić information content (AvgIpc) is 2.72. The molecule has 6 nitrogen and oxygen atoms in total. The van der Waals surface area contributed by atoms with E-state index in [-0.39, 0.29) is 6.61 Å². The molecule has 0 heterocycles. The van der Waals surface area contributed by atoms with E-state index < -0.39 is 26.2 Å². The van der Waals surface area contributed by atoms with Crippen molar-refractivity contribution in [2.75, 3.05) is 20.3 Å². The Morgan fingerprint density at radius 1 is 0.759 bits per heavy atom. The van der Waals surface area contributed by atoms with Crippen molar-refractivity contribution in [3.8, 4) is 0 Å². The molecule has 0 aromatic heterocycles. The molecule has 0 spiro atoms. The molecular formula is C22H47O6P. The standard InChI is InChI=1S/C22H47O6P/c1-3-4-5-6-7-8-9-10-11-12-13-14-15-16-17-18-19-28-22(21(24)20-23)29(25,26)27-2/h21-24H,3-20H2,1-2H3,(H,25,26)/t21-,22?/m0/s1. The topological polar surface area (TPSA) is 96.2 Å². The second-order valence-electron chi connectivity index (χ2n) is 8.06. The lowest BCUT2D eigenvalue weighted by Gasteiger charge is -2.24. The summed E-state index contributed by atoms with van der Waals surface area (Å²) in [5.74, 6) is -1.39. The molecule has 0 aliphatic rings. The van der Waals surface area contributed by atoms with Gasteiger partial charge >= 0.3 is 7.60 Å². The summed E-state index contributed by atoms with van der Waals surface area (Å²) in [7, 11) is -2.99. The van der Waals surface area contributed by atoms with E-state index in [2.05, 4.69) is 11.4 Å². The van der Waals surface area contributed by atoms with Crippen LogP contribution in [0.15, 0.2) is 0 Å². The lowest BCUT2D eigenvalue weighted by atomic mass is 10.0. The maximum atomic E-state index is 11.8. The van der Waals surface area contributed by atoms with Crippen molar-refractivity contribution >= 4 is 7.60 Å². The van der Waals surface area contributed by atoms with Gasteiger partial charge in [-0.05, 0) is 6.42 Å². The van der Waals surface area contributed by atoms with E-state index in [9.17, 15) is 14.6 Å². The van der Waals surface area contributed by atoms with Crippen LogP contribution in [-0.2, 0) is 13.8 Å². The van der Waals surface area contributed by atoms with Gasteiger partial charge in [0, 0.05) is 13.7 Å². The second-order valence-corrected chi connectivity index (χ2v) is 10.1. The van der Waals surface area contributed by atoms with E-state index >= 15 is 0 Å². The quantitative estimate of drug-likeness (QED) is 0.147. The molecule has 0 aromatic carbocycles. The summed E-state index contributed by atoms with van der Waals surface area (Å²) in [4.78, 5) is 9.66. The Labute approximate surface area is 178 Å². The van der Waals surface area contributed by atoms with E-state index in [1.807, 2.05) is 0 Å². The lowest BCUT2D eigenvalue weighted by molar-refractivity contribution is -0.0305. The maximum Gasteiger partial charge on any atom is 0.359 e. The minimum absolute atomic E-state index is 0.272. The molecule has 3 atom stereocenters. The van der Waals surface area contributed by atoms with E-state index in [4.69, 9.17) is 9.84 Å². The van der Waals surface area contributed by atoms with Gasteiger partial charge in [0.1, 0.15) is 6.10 Å². The fraction of sp³-hybridized carbons (Fsp3) is 1.00. The van der Waals surface area contributed by atoms with Gasteiger partial charge in [-0.25, -0.2) is 0 Å². The summed E-state index contributed by atoms with van der Waals surface area (Å²) in [6.45, 7) is 1.89. The molecule has 0 radical (unpaired) electrons. The predicted octanol–water partition coefficient (Wildman–Crippen LogP) is 5.78. The fourth-order valence-electron chi connectivity index (χ4n) is 3.47. The minimum Gasteiger partial charge on any atom is -0.394 e. The highest BCUT2D eigenvalue weighted by Gasteiger charge is 2.38. The zero-order chi connectivity index (χ0) is 21.8. The van der Waals surface area contributed by atoms with Gasteiger partial charge < -0.3 is 24.4 Å². The second kappa shape index (κ2) is 20.0. The van der Waals surface area contributed by atoms with Crippen LogP contribution in [0.3, 0.4) is 0 Å². The van der Waals surface area contributed by atoms with Crippen LogP contribution in [0.25, 0.3) is 0 Å². The molecule has 0 amide bonds. The SMILES string of the molecule is CCCCCCCCCCCCCCCCCCOC([C@@H](O)CO)P(=O)(O)OC. The van der Waals surface area contributed by atoms with Gasteiger partial charge in [-0.2, -0.15) is 0 Å². The van der Waals surface area contributed by atoms with E-state index in [0.29, 0.717) is 0 Å². The van der Waals surface area contributed by atoms with Crippen molar-refractivity contribution in [1.82, 2.24) is 0 Å². The number of unbranched alkanes of at least 4 members (excludes halogenated alkanes) is 15. The molecule has 0 aromatic rings. The van der Waals surface area contributed by atoms with Gasteiger partial charge in [-0.15, -0.1) is 0 Å². The highest BCUT2D eigenvalue weighted by molar-refractivity contribution is 7.53. The van der Waals surface area contributed by atoms with Crippen LogP contribution >= 0.6 is 7.60 Å². The van der Waals surface area contributed by atoms with Crippen molar-refractivity contribution < 1.29 is 28.9 Å². The van der Waals surface area contributed by atoms with Gasteiger partial charge in [0.25, 0.3) is 0 Å². The summed E-state index contributed by atoms with van der Waals surface area (Å²) < 4.78 is 21.7. The Hall–Kier alpha value is 0.0300. The van der Waals surface area contributed by atoms with E-state index in [0.717, 1.165) is 26.4 Å². The molecule has 0 bridgehead atoms. The Bertz CT molecular complexity index is 393. The molecule has 0 saturated carbocycles. The smallest absolute Gasteiger partial charge is 0.359 e. The molecule has 7 heteroatoms. The average molecular weight is 439 g/mol. The molecular weight excluding hydrogens is 391 g/mol. The maximum absolute atomic E-state index is 11.8. The van der Waals surface area contributed by atoms with Crippen LogP contribution < -0.4 is 0 Å². The zero-order valence-corrected chi connectivity index (χ0v) is 19.8. The first-order valence-electron chi connectivity index (χ1n) is 11.8. The Balaban J connectivity index is 3.45. The van der Waals surface area contributed by atoms with E-state index in [1.165, 1.54) is 83.5 Å². The molecule has 0 aliphatic carbocycles. The molecule has 0 fully saturated rings. The third kappa shape index (κ3) is 16.4. The number of hydrogen-bond acceptors (Lipinski definition) is 5. The monoisotopic (exact) mass is 438 g/mol. The van der Waals surface area contributed by atoms with Crippen molar-refractivity contribution in [3.05, 3.63) is 0 Å². The van der Waals surface area contributed by atoms with Crippen LogP contribution in [0.2, 0.25) is 0 Å².